The van der Waals surface area contributed by atoms with Crippen LogP contribution in [0.25, 0.3) is 17.0 Å². The van der Waals surface area contributed by atoms with Gasteiger partial charge in [-0.1, -0.05) is 28.4 Å². The quantitative estimate of drug-likeness (QED) is 0.399. The lowest BCUT2D eigenvalue weighted by molar-refractivity contribution is -0.159. The fourth-order valence-corrected chi connectivity index (χ4v) is 3.94. The van der Waals surface area contributed by atoms with Gasteiger partial charge in [0.1, 0.15) is 11.3 Å². The summed E-state index contributed by atoms with van der Waals surface area (Å²) in [5.74, 6) is -1.50. The minimum Gasteiger partial charge on any atom is -0.611 e. The molecule has 0 bridgehead atoms. The highest BCUT2D eigenvalue weighted by Crippen LogP contribution is 2.30. The molecule has 0 radical (unpaired) electrons. The molecule has 1 aromatic carbocycles. The van der Waals surface area contributed by atoms with Gasteiger partial charge in [0.05, 0.1) is 10.0 Å². The number of benzene rings is 1. The van der Waals surface area contributed by atoms with Crippen molar-refractivity contribution in [2.45, 2.75) is 16.8 Å². The molecule has 3 heterocycles. The van der Waals surface area contributed by atoms with Gasteiger partial charge in [-0.05, 0) is 35.4 Å². The van der Waals surface area contributed by atoms with Crippen LogP contribution in [0.1, 0.15) is 11.6 Å². The third kappa shape index (κ3) is 4.20. The predicted molar refractivity (Wildman–Crippen MR) is 100 cm³/mol. The Morgan fingerprint density at radius 3 is 2.55 bits per heavy atom. The number of imidazole rings is 1. The maximum atomic E-state index is 12.6. The van der Waals surface area contributed by atoms with E-state index >= 15 is 0 Å². The van der Waals surface area contributed by atoms with Gasteiger partial charge in [0, 0.05) is 24.0 Å². The molecular formula is C17H9Cl2F3N4O2S. The molecule has 1 atom stereocenters. The Balaban J connectivity index is 1.58. The van der Waals surface area contributed by atoms with Crippen molar-refractivity contribution in [3.05, 3.63) is 64.4 Å². The van der Waals surface area contributed by atoms with Crippen LogP contribution in [-0.2, 0) is 23.1 Å². The second-order valence-electron chi connectivity index (χ2n) is 5.90. The molecule has 0 amide bonds. The Morgan fingerprint density at radius 1 is 1.07 bits per heavy atom. The molecule has 1 unspecified atom stereocenters. The molecule has 3 aromatic heterocycles. The maximum absolute atomic E-state index is 12.6. The molecule has 0 saturated carbocycles. The van der Waals surface area contributed by atoms with E-state index < -0.39 is 23.2 Å². The van der Waals surface area contributed by atoms with E-state index in [2.05, 4.69) is 19.6 Å². The lowest BCUT2D eigenvalue weighted by atomic mass is 10.3. The van der Waals surface area contributed by atoms with Crippen LogP contribution in [0, 0.1) is 0 Å². The van der Waals surface area contributed by atoms with Gasteiger partial charge >= 0.3 is 12.1 Å². The van der Waals surface area contributed by atoms with Crippen molar-refractivity contribution in [2.75, 3.05) is 0 Å². The van der Waals surface area contributed by atoms with Crippen LogP contribution in [0.3, 0.4) is 0 Å². The van der Waals surface area contributed by atoms with Crippen LogP contribution in [-0.4, -0.2) is 24.1 Å². The van der Waals surface area contributed by atoms with Gasteiger partial charge < -0.3 is 13.5 Å². The molecule has 150 valence electrons. The van der Waals surface area contributed by atoms with Crippen molar-refractivity contribution < 1.29 is 22.2 Å². The molecule has 6 nitrogen and oxygen atoms in total. The number of halogens is 5. The molecule has 0 N–H and O–H groups in total. The third-order valence-electron chi connectivity index (χ3n) is 3.86. The van der Waals surface area contributed by atoms with Crippen molar-refractivity contribution >= 4 is 40.0 Å². The molecule has 0 aliphatic carbocycles. The van der Waals surface area contributed by atoms with Gasteiger partial charge in [0.25, 0.3) is 0 Å². The smallest absolute Gasteiger partial charge is 0.471 e. The number of hydrogen-bond donors (Lipinski definition) is 0. The molecular weight excluding hydrogens is 452 g/mol. The summed E-state index contributed by atoms with van der Waals surface area (Å²) in [6.07, 6.45) is -1.58. The Labute approximate surface area is 174 Å². The summed E-state index contributed by atoms with van der Waals surface area (Å²) in [7, 11) is 0. The first-order chi connectivity index (χ1) is 13.7. The Hall–Kier alpha value is -2.27. The van der Waals surface area contributed by atoms with Crippen LogP contribution < -0.4 is 0 Å². The molecule has 29 heavy (non-hydrogen) atoms. The van der Waals surface area contributed by atoms with E-state index in [4.69, 9.17) is 23.2 Å². The van der Waals surface area contributed by atoms with E-state index in [1.165, 1.54) is 18.3 Å². The number of pyridine rings is 1. The first-order valence-corrected chi connectivity index (χ1v) is 10.0. The Morgan fingerprint density at radius 2 is 1.86 bits per heavy atom. The number of nitrogens with zero attached hydrogens (tertiary/aromatic N) is 4. The van der Waals surface area contributed by atoms with Crippen LogP contribution in [0.2, 0.25) is 10.0 Å². The zero-order chi connectivity index (χ0) is 20.8. The monoisotopic (exact) mass is 460 g/mol. The van der Waals surface area contributed by atoms with E-state index in [0.717, 1.165) is 0 Å². The van der Waals surface area contributed by atoms with Gasteiger partial charge in [0.2, 0.25) is 5.82 Å². The standard InChI is InChI=1S/C17H9Cl2F3N4O2S/c18-12-3-2-11(5-13(12)19)29(27)8-10-7-26-6-9(1-4-14(26)23-10)15-24-16(28-25-15)17(20,21)22/h1-7H,8H2. The molecule has 0 aliphatic rings. The highest BCUT2D eigenvalue weighted by Gasteiger charge is 2.38. The van der Waals surface area contributed by atoms with E-state index in [1.807, 2.05) is 0 Å². The van der Waals surface area contributed by atoms with E-state index in [-0.39, 0.29) is 11.6 Å². The molecule has 0 saturated heterocycles. The summed E-state index contributed by atoms with van der Waals surface area (Å²) < 4.78 is 56.3. The number of alkyl halides is 3. The normalized spacial score (nSPS) is 13.2. The summed E-state index contributed by atoms with van der Waals surface area (Å²) in [5, 5.41) is 4.02. The zero-order valence-corrected chi connectivity index (χ0v) is 16.5. The van der Waals surface area contributed by atoms with Gasteiger partial charge in [0.15, 0.2) is 10.6 Å². The minimum atomic E-state index is -4.72. The Bertz CT molecular complexity index is 1200. The summed E-state index contributed by atoms with van der Waals surface area (Å²) in [6, 6.07) is 7.82. The summed E-state index contributed by atoms with van der Waals surface area (Å²) in [6.45, 7) is 0. The van der Waals surface area contributed by atoms with Crippen LogP contribution in [0.15, 0.2) is 52.1 Å². The van der Waals surface area contributed by atoms with Gasteiger partial charge in [-0.3, -0.25) is 0 Å². The van der Waals surface area contributed by atoms with Gasteiger partial charge in [-0.2, -0.15) is 18.2 Å². The average Bonchev–Trinajstić information content (AvgIpc) is 3.29. The second-order valence-corrected chi connectivity index (χ2v) is 8.17. The Kier molecular flexibility index (Phi) is 5.19. The fourth-order valence-electron chi connectivity index (χ4n) is 2.54. The molecule has 12 heteroatoms. The number of fused-ring (bicyclic) bond motifs is 1. The van der Waals surface area contributed by atoms with Crippen molar-refractivity contribution in [2.24, 2.45) is 0 Å². The van der Waals surface area contributed by atoms with Crippen molar-refractivity contribution in [1.29, 1.82) is 0 Å². The zero-order valence-electron chi connectivity index (χ0n) is 14.2. The van der Waals surface area contributed by atoms with Crippen LogP contribution in [0.4, 0.5) is 13.2 Å². The number of hydrogen-bond acceptors (Lipinski definition) is 5. The summed E-state index contributed by atoms with van der Waals surface area (Å²) in [4.78, 5) is 8.23. The summed E-state index contributed by atoms with van der Waals surface area (Å²) in [5.41, 5.74) is 1.36. The minimum absolute atomic E-state index is 0.120. The molecule has 0 fully saturated rings. The van der Waals surface area contributed by atoms with Crippen molar-refractivity contribution in [3.63, 3.8) is 0 Å². The first kappa shape index (κ1) is 20.0. The van der Waals surface area contributed by atoms with E-state index in [1.54, 1.807) is 28.8 Å². The molecule has 4 rings (SSSR count). The molecule has 0 spiro atoms. The van der Waals surface area contributed by atoms with E-state index in [0.29, 0.717) is 31.8 Å². The molecule has 0 aliphatic heterocycles. The van der Waals surface area contributed by atoms with Crippen LogP contribution in [0.5, 0.6) is 0 Å². The predicted octanol–water partition coefficient (Wildman–Crippen LogP) is 5.02. The van der Waals surface area contributed by atoms with Gasteiger partial charge in [-0.25, -0.2) is 4.98 Å². The molecule has 4 aromatic rings. The van der Waals surface area contributed by atoms with Crippen molar-refractivity contribution in [1.82, 2.24) is 19.5 Å². The second kappa shape index (κ2) is 7.52. The van der Waals surface area contributed by atoms with E-state index in [9.17, 15) is 17.7 Å². The SMILES string of the molecule is [O-][S+](Cc1cn2cc(-c3noc(C(F)(F)F)n3)ccc2n1)c1ccc(Cl)c(Cl)c1. The topological polar surface area (TPSA) is 79.3 Å². The van der Waals surface area contributed by atoms with Gasteiger partial charge in [-0.15, -0.1) is 0 Å². The number of rotatable bonds is 4. The third-order valence-corrected chi connectivity index (χ3v) is 5.94. The average molecular weight is 461 g/mol. The summed E-state index contributed by atoms with van der Waals surface area (Å²) >= 11 is 10.4. The number of aromatic nitrogens is 4. The fraction of sp³-hybridized carbons (Fsp3) is 0.118. The lowest BCUT2D eigenvalue weighted by Crippen LogP contribution is -2.05. The largest absolute Gasteiger partial charge is 0.611 e. The first-order valence-electron chi connectivity index (χ1n) is 7.93. The lowest BCUT2D eigenvalue weighted by Gasteiger charge is -2.09. The highest BCUT2D eigenvalue weighted by atomic mass is 35.5. The van der Waals surface area contributed by atoms with Crippen LogP contribution >= 0.6 is 23.2 Å². The maximum Gasteiger partial charge on any atom is 0.471 e. The highest BCUT2D eigenvalue weighted by molar-refractivity contribution is 7.90. The van der Waals surface area contributed by atoms with Crippen molar-refractivity contribution in [3.8, 4) is 11.4 Å².